The molecule has 0 bridgehead atoms. The molecule has 2 heterocycles. The number of hydrogen-bond donors (Lipinski definition) is 1. The van der Waals surface area contributed by atoms with E-state index in [2.05, 4.69) is 15.6 Å². The Balaban J connectivity index is 1.48. The van der Waals surface area contributed by atoms with Crippen molar-refractivity contribution in [2.24, 2.45) is 0 Å². The number of nitrogens with zero attached hydrogens (tertiary/aromatic N) is 4. The molecule has 1 saturated heterocycles. The zero-order chi connectivity index (χ0) is 13.1. The third-order valence-corrected chi connectivity index (χ3v) is 4.25. The molecule has 6 heteroatoms. The first kappa shape index (κ1) is 12.4. The lowest BCUT2D eigenvalue weighted by molar-refractivity contribution is 0.165. The molecule has 1 aromatic heterocycles. The van der Waals surface area contributed by atoms with Crippen LogP contribution in [0.3, 0.4) is 0 Å². The Hall–Kier alpha value is -1.59. The predicted molar refractivity (Wildman–Crippen MR) is 70.7 cm³/mol. The Morgan fingerprint density at radius 3 is 2.53 bits per heavy atom. The van der Waals surface area contributed by atoms with E-state index in [1.54, 1.807) is 6.20 Å². The van der Waals surface area contributed by atoms with Crippen molar-refractivity contribution in [1.29, 1.82) is 0 Å². The van der Waals surface area contributed by atoms with E-state index in [-0.39, 0.29) is 6.03 Å². The van der Waals surface area contributed by atoms with Gasteiger partial charge in [0, 0.05) is 25.3 Å². The number of piperidine rings is 1. The summed E-state index contributed by atoms with van der Waals surface area (Å²) in [6.45, 7) is 1.62. The van der Waals surface area contributed by atoms with Gasteiger partial charge < -0.3 is 10.2 Å². The van der Waals surface area contributed by atoms with E-state index in [1.165, 1.54) is 12.8 Å². The molecule has 19 heavy (non-hydrogen) atoms. The van der Waals surface area contributed by atoms with Crippen LogP contribution in [0.1, 0.15) is 44.6 Å². The largest absolute Gasteiger partial charge is 0.335 e. The summed E-state index contributed by atoms with van der Waals surface area (Å²) in [5, 5.41) is 11.0. The van der Waals surface area contributed by atoms with Crippen LogP contribution in [0.25, 0.3) is 0 Å². The van der Waals surface area contributed by atoms with Crippen LogP contribution >= 0.6 is 0 Å². The van der Waals surface area contributed by atoms with E-state index in [1.807, 2.05) is 15.8 Å². The number of rotatable bonds is 2. The van der Waals surface area contributed by atoms with Crippen LogP contribution in [0, 0.1) is 0 Å². The third-order valence-electron chi connectivity index (χ3n) is 4.25. The number of carbonyl (C=O) groups excluding carboxylic acids is 1. The minimum Gasteiger partial charge on any atom is -0.335 e. The second kappa shape index (κ2) is 5.59. The lowest BCUT2D eigenvalue weighted by Crippen LogP contribution is -2.47. The van der Waals surface area contributed by atoms with Gasteiger partial charge in [-0.05, 0) is 25.7 Å². The highest BCUT2D eigenvalue weighted by Crippen LogP contribution is 2.22. The lowest BCUT2D eigenvalue weighted by Gasteiger charge is -2.32. The summed E-state index contributed by atoms with van der Waals surface area (Å²) >= 11 is 0. The minimum absolute atomic E-state index is 0.115. The predicted octanol–water partition coefficient (Wildman–Crippen LogP) is 1.57. The fourth-order valence-corrected chi connectivity index (χ4v) is 3.08. The van der Waals surface area contributed by atoms with E-state index in [9.17, 15) is 4.79 Å². The highest BCUT2D eigenvalue weighted by Gasteiger charge is 2.26. The third kappa shape index (κ3) is 2.88. The Labute approximate surface area is 113 Å². The monoisotopic (exact) mass is 263 g/mol. The van der Waals surface area contributed by atoms with Crippen LogP contribution < -0.4 is 5.32 Å². The number of aromatic nitrogens is 3. The molecule has 104 valence electrons. The Morgan fingerprint density at radius 2 is 1.89 bits per heavy atom. The van der Waals surface area contributed by atoms with Crippen LogP contribution in [0.4, 0.5) is 4.79 Å². The summed E-state index contributed by atoms with van der Waals surface area (Å²) in [5.41, 5.74) is 0. The molecule has 0 spiro atoms. The van der Waals surface area contributed by atoms with E-state index < -0.39 is 0 Å². The molecule has 1 saturated carbocycles. The molecule has 0 unspecified atom stereocenters. The van der Waals surface area contributed by atoms with E-state index in [0.717, 1.165) is 38.8 Å². The molecule has 3 rings (SSSR count). The number of hydrogen-bond acceptors (Lipinski definition) is 3. The molecular weight excluding hydrogens is 242 g/mol. The van der Waals surface area contributed by atoms with Crippen molar-refractivity contribution in [3.8, 4) is 0 Å². The van der Waals surface area contributed by atoms with Gasteiger partial charge in [0.15, 0.2) is 0 Å². The molecule has 1 aromatic rings. The molecule has 1 aliphatic carbocycles. The van der Waals surface area contributed by atoms with Crippen molar-refractivity contribution in [1.82, 2.24) is 25.2 Å². The smallest absolute Gasteiger partial charge is 0.317 e. The van der Waals surface area contributed by atoms with Crippen molar-refractivity contribution in [3.63, 3.8) is 0 Å². The van der Waals surface area contributed by atoms with Crippen molar-refractivity contribution >= 4 is 6.03 Å². The van der Waals surface area contributed by atoms with Gasteiger partial charge in [-0.25, -0.2) is 9.48 Å². The van der Waals surface area contributed by atoms with Crippen molar-refractivity contribution < 1.29 is 4.79 Å². The van der Waals surface area contributed by atoms with Gasteiger partial charge >= 0.3 is 6.03 Å². The Kier molecular flexibility index (Phi) is 3.66. The topological polar surface area (TPSA) is 63.1 Å². The summed E-state index contributed by atoms with van der Waals surface area (Å²) in [6, 6.07) is 0.905. The first-order valence-corrected chi connectivity index (χ1v) is 7.24. The molecule has 1 aliphatic heterocycles. The molecule has 2 aliphatic rings. The van der Waals surface area contributed by atoms with Crippen molar-refractivity contribution in [3.05, 3.63) is 12.4 Å². The quantitative estimate of drug-likeness (QED) is 0.881. The number of nitrogens with one attached hydrogen (secondary N) is 1. The van der Waals surface area contributed by atoms with Gasteiger partial charge in [-0.3, -0.25) is 0 Å². The Morgan fingerprint density at radius 1 is 1.16 bits per heavy atom. The molecule has 1 N–H and O–H groups in total. The summed E-state index contributed by atoms with van der Waals surface area (Å²) < 4.78 is 1.91. The summed E-state index contributed by atoms with van der Waals surface area (Å²) in [5.74, 6) is 0. The second-order valence-electron chi connectivity index (χ2n) is 5.53. The van der Waals surface area contributed by atoms with Crippen LogP contribution in [0.2, 0.25) is 0 Å². The van der Waals surface area contributed by atoms with Gasteiger partial charge in [-0.2, -0.15) is 0 Å². The van der Waals surface area contributed by atoms with Crippen molar-refractivity contribution in [2.45, 2.75) is 50.6 Å². The number of likely N-dealkylation sites (tertiary alicyclic amines) is 1. The van der Waals surface area contributed by atoms with Gasteiger partial charge in [0.05, 0.1) is 12.2 Å². The summed E-state index contributed by atoms with van der Waals surface area (Å²) in [7, 11) is 0. The summed E-state index contributed by atoms with van der Waals surface area (Å²) in [6.07, 6.45) is 10.3. The minimum atomic E-state index is 0.115. The van der Waals surface area contributed by atoms with Gasteiger partial charge in [-0.15, -0.1) is 5.10 Å². The maximum absolute atomic E-state index is 12.1. The molecule has 2 amide bonds. The second-order valence-corrected chi connectivity index (χ2v) is 5.53. The van der Waals surface area contributed by atoms with Crippen LogP contribution in [-0.4, -0.2) is 45.1 Å². The van der Waals surface area contributed by atoms with Crippen molar-refractivity contribution in [2.75, 3.05) is 13.1 Å². The van der Waals surface area contributed by atoms with Gasteiger partial charge in [-0.1, -0.05) is 18.1 Å². The highest BCUT2D eigenvalue weighted by molar-refractivity contribution is 5.74. The average Bonchev–Trinajstić information content (AvgIpc) is 3.12. The SMILES string of the molecule is O=C(NC1CCCC1)N1CCC(n2ccnn2)CC1. The first-order valence-electron chi connectivity index (χ1n) is 7.24. The van der Waals surface area contributed by atoms with Gasteiger partial charge in [0.2, 0.25) is 0 Å². The van der Waals surface area contributed by atoms with Crippen LogP contribution in [0.15, 0.2) is 12.4 Å². The molecule has 6 nitrogen and oxygen atoms in total. The van der Waals surface area contributed by atoms with Gasteiger partial charge in [0.25, 0.3) is 0 Å². The van der Waals surface area contributed by atoms with Crippen LogP contribution in [-0.2, 0) is 0 Å². The first-order chi connectivity index (χ1) is 9.33. The molecule has 2 fully saturated rings. The lowest BCUT2D eigenvalue weighted by atomic mass is 10.1. The van der Waals surface area contributed by atoms with Gasteiger partial charge in [0.1, 0.15) is 0 Å². The number of amides is 2. The Bertz CT molecular complexity index is 405. The number of urea groups is 1. The zero-order valence-corrected chi connectivity index (χ0v) is 11.2. The zero-order valence-electron chi connectivity index (χ0n) is 11.2. The molecular formula is C13H21N5O. The maximum atomic E-state index is 12.1. The van der Waals surface area contributed by atoms with E-state index in [0.29, 0.717) is 12.1 Å². The molecule has 0 radical (unpaired) electrons. The average molecular weight is 263 g/mol. The fraction of sp³-hybridized carbons (Fsp3) is 0.769. The van der Waals surface area contributed by atoms with E-state index >= 15 is 0 Å². The highest BCUT2D eigenvalue weighted by atomic mass is 16.2. The summed E-state index contributed by atoms with van der Waals surface area (Å²) in [4.78, 5) is 14.1. The molecule has 0 atom stereocenters. The van der Waals surface area contributed by atoms with Crippen LogP contribution in [0.5, 0.6) is 0 Å². The number of carbonyl (C=O) groups is 1. The standard InChI is InChI=1S/C13H21N5O/c19-13(15-11-3-1-2-4-11)17-8-5-12(6-9-17)18-10-7-14-16-18/h7,10-12H,1-6,8-9H2,(H,15,19). The maximum Gasteiger partial charge on any atom is 0.317 e. The normalized spacial score (nSPS) is 21.8. The molecule has 0 aromatic carbocycles. The fourth-order valence-electron chi connectivity index (χ4n) is 3.08. The van der Waals surface area contributed by atoms with E-state index in [4.69, 9.17) is 0 Å².